The molecule has 1 aliphatic carbocycles. The number of rotatable bonds is 9. The highest BCUT2D eigenvalue weighted by atomic mass is 16.2. The molecule has 1 aliphatic rings. The lowest BCUT2D eigenvalue weighted by Gasteiger charge is -2.00. The van der Waals surface area contributed by atoms with Crippen LogP contribution in [-0.2, 0) is 4.79 Å². The van der Waals surface area contributed by atoms with Crippen molar-refractivity contribution in [1.82, 2.24) is 0 Å². The summed E-state index contributed by atoms with van der Waals surface area (Å²) in [5.74, 6) is 0.683. The van der Waals surface area contributed by atoms with Crippen molar-refractivity contribution in [3.05, 3.63) is 0 Å². The van der Waals surface area contributed by atoms with Gasteiger partial charge in [-0.3, -0.25) is 4.79 Å². The van der Waals surface area contributed by atoms with E-state index >= 15 is 0 Å². The molecule has 0 unspecified atom stereocenters. The highest BCUT2D eigenvalue weighted by Gasteiger charge is 2.40. The number of hydrogen-bond acceptors (Lipinski definition) is 2. The van der Waals surface area contributed by atoms with E-state index in [0.717, 1.165) is 19.3 Å². The van der Waals surface area contributed by atoms with Gasteiger partial charge in [-0.2, -0.15) is 0 Å². The molecular weight excluding hydrogens is 190 g/mol. The number of aliphatic hydroxyl groups excluding tert-OH is 1. The van der Waals surface area contributed by atoms with E-state index in [2.05, 4.69) is 0 Å². The van der Waals surface area contributed by atoms with E-state index in [9.17, 15) is 4.79 Å². The number of nitrogens with two attached hydrogens (primary N) is 1. The normalized spacial score (nSPS) is 24.1. The van der Waals surface area contributed by atoms with E-state index in [1.54, 1.807) is 0 Å². The van der Waals surface area contributed by atoms with Crippen LogP contribution in [0.2, 0.25) is 0 Å². The number of primary amides is 1. The largest absolute Gasteiger partial charge is 0.396 e. The van der Waals surface area contributed by atoms with Gasteiger partial charge in [-0.25, -0.2) is 0 Å². The van der Waals surface area contributed by atoms with Crippen molar-refractivity contribution in [1.29, 1.82) is 0 Å². The van der Waals surface area contributed by atoms with Crippen LogP contribution < -0.4 is 5.73 Å². The standard InChI is InChI=1S/C12H23NO2/c13-12(15)11-9-10(11)7-5-3-1-2-4-6-8-14/h10-11,14H,1-9H2,(H2,13,15)/t10-,11+/m1/s1. The first kappa shape index (κ1) is 12.5. The van der Waals surface area contributed by atoms with Gasteiger partial charge in [-0.05, 0) is 25.2 Å². The molecule has 15 heavy (non-hydrogen) atoms. The molecule has 0 radical (unpaired) electrons. The second kappa shape index (κ2) is 6.83. The summed E-state index contributed by atoms with van der Waals surface area (Å²) in [6.07, 6.45) is 9.25. The van der Waals surface area contributed by atoms with Crippen LogP contribution in [0, 0.1) is 11.8 Å². The number of hydrogen-bond donors (Lipinski definition) is 2. The minimum atomic E-state index is -0.108. The third kappa shape index (κ3) is 5.17. The maximum atomic E-state index is 10.8. The third-order valence-electron chi connectivity index (χ3n) is 3.27. The smallest absolute Gasteiger partial charge is 0.220 e. The fourth-order valence-electron chi connectivity index (χ4n) is 2.14. The third-order valence-corrected chi connectivity index (χ3v) is 3.27. The Balaban J connectivity index is 1.80. The summed E-state index contributed by atoms with van der Waals surface area (Å²) >= 11 is 0. The number of carbonyl (C=O) groups excluding carboxylic acids is 1. The monoisotopic (exact) mass is 213 g/mol. The van der Waals surface area contributed by atoms with Gasteiger partial charge in [0.15, 0.2) is 0 Å². The predicted octanol–water partition coefficient (Wildman–Crippen LogP) is 1.83. The molecule has 0 aliphatic heterocycles. The van der Waals surface area contributed by atoms with Crippen LogP contribution >= 0.6 is 0 Å². The van der Waals surface area contributed by atoms with Crippen LogP contribution in [0.25, 0.3) is 0 Å². The van der Waals surface area contributed by atoms with Gasteiger partial charge in [-0.1, -0.05) is 32.1 Å². The zero-order valence-corrected chi connectivity index (χ0v) is 9.45. The van der Waals surface area contributed by atoms with Gasteiger partial charge < -0.3 is 10.8 Å². The minimum absolute atomic E-state index is 0.108. The summed E-state index contributed by atoms with van der Waals surface area (Å²) in [6.45, 7) is 0.322. The van der Waals surface area contributed by atoms with Crippen molar-refractivity contribution in [2.75, 3.05) is 6.61 Å². The van der Waals surface area contributed by atoms with Crippen LogP contribution in [0.15, 0.2) is 0 Å². The molecule has 3 nitrogen and oxygen atoms in total. The lowest BCUT2D eigenvalue weighted by molar-refractivity contribution is -0.119. The SMILES string of the molecule is NC(=O)[C@H]1C[C@H]1CCCCCCCCO. The van der Waals surface area contributed by atoms with Crippen LogP contribution in [0.5, 0.6) is 0 Å². The molecule has 0 bridgehead atoms. The quantitative estimate of drug-likeness (QED) is 0.574. The fourth-order valence-corrected chi connectivity index (χ4v) is 2.14. The van der Waals surface area contributed by atoms with E-state index in [4.69, 9.17) is 10.8 Å². The Morgan fingerprint density at radius 3 is 2.27 bits per heavy atom. The molecule has 1 fully saturated rings. The second-order valence-electron chi connectivity index (χ2n) is 4.64. The molecular formula is C12H23NO2. The van der Waals surface area contributed by atoms with Crippen molar-refractivity contribution in [2.45, 2.75) is 51.4 Å². The van der Waals surface area contributed by atoms with Crippen molar-refractivity contribution < 1.29 is 9.90 Å². The van der Waals surface area contributed by atoms with E-state index in [0.29, 0.717) is 12.5 Å². The molecule has 3 N–H and O–H groups in total. The van der Waals surface area contributed by atoms with Gasteiger partial charge in [0.2, 0.25) is 5.91 Å². The number of unbranched alkanes of at least 4 members (excludes halogenated alkanes) is 5. The second-order valence-corrected chi connectivity index (χ2v) is 4.64. The molecule has 0 spiro atoms. The minimum Gasteiger partial charge on any atom is -0.396 e. The summed E-state index contributed by atoms with van der Waals surface area (Å²) in [5, 5.41) is 8.59. The van der Waals surface area contributed by atoms with Crippen LogP contribution in [-0.4, -0.2) is 17.6 Å². The highest BCUT2D eigenvalue weighted by Crippen LogP contribution is 2.41. The Morgan fingerprint density at radius 1 is 1.13 bits per heavy atom. The Labute approximate surface area is 92.0 Å². The van der Waals surface area contributed by atoms with Crippen molar-refractivity contribution >= 4 is 5.91 Å². The zero-order valence-electron chi connectivity index (χ0n) is 9.45. The molecule has 88 valence electrons. The predicted molar refractivity (Wildman–Crippen MR) is 60.2 cm³/mol. The maximum Gasteiger partial charge on any atom is 0.220 e. The number of amides is 1. The average molecular weight is 213 g/mol. The maximum absolute atomic E-state index is 10.8. The topological polar surface area (TPSA) is 63.3 Å². The molecule has 0 saturated heterocycles. The van der Waals surface area contributed by atoms with E-state index in [1.165, 1.54) is 32.1 Å². The van der Waals surface area contributed by atoms with Crippen LogP contribution in [0.1, 0.15) is 51.4 Å². The van der Waals surface area contributed by atoms with Gasteiger partial charge in [0, 0.05) is 12.5 Å². The summed E-state index contributed by atoms with van der Waals surface area (Å²) < 4.78 is 0. The Hall–Kier alpha value is -0.570. The lowest BCUT2D eigenvalue weighted by Crippen LogP contribution is -2.13. The van der Waals surface area contributed by atoms with Gasteiger partial charge >= 0.3 is 0 Å². The van der Waals surface area contributed by atoms with E-state index in [1.807, 2.05) is 0 Å². The van der Waals surface area contributed by atoms with E-state index in [-0.39, 0.29) is 11.8 Å². The summed E-state index contributed by atoms with van der Waals surface area (Å²) in [5.41, 5.74) is 5.21. The number of aliphatic hydroxyl groups is 1. The first-order chi connectivity index (χ1) is 7.25. The van der Waals surface area contributed by atoms with Crippen molar-refractivity contribution in [3.63, 3.8) is 0 Å². The van der Waals surface area contributed by atoms with Crippen molar-refractivity contribution in [2.24, 2.45) is 17.6 Å². The Bertz CT molecular complexity index is 194. The molecule has 0 heterocycles. The molecule has 1 amide bonds. The molecule has 0 aromatic rings. The van der Waals surface area contributed by atoms with Gasteiger partial charge in [-0.15, -0.1) is 0 Å². The van der Waals surface area contributed by atoms with Gasteiger partial charge in [0.1, 0.15) is 0 Å². The summed E-state index contributed by atoms with van der Waals surface area (Å²) in [7, 11) is 0. The lowest BCUT2D eigenvalue weighted by atomic mass is 10.1. The molecule has 0 aromatic heterocycles. The Kier molecular flexibility index (Phi) is 5.69. The molecule has 2 atom stereocenters. The first-order valence-electron chi connectivity index (χ1n) is 6.16. The van der Waals surface area contributed by atoms with E-state index < -0.39 is 0 Å². The fraction of sp³-hybridized carbons (Fsp3) is 0.917. The number of carbonyl (C=O) groups is 1. The first-order valence-corrected chi connectivity index (χ1v) is 6.16. The molecule has 3 heteroatoms. The molecule has 0 aromatic carbocycles. The summed E-state index contributed by atoms with van der Waals surface area (Å²) in [6, 6.07) is 0. The van der Waals surface area contributed by atoms with Crippen LogP contribution in [0.4, 0.5) is 0 Å². The van der Waals surface area contributed by atoms with Gasteiger partial charge in [0.25, 0.3) is 0 Å². The Morgan fingerprint density at radius 2 is 1.73 bits per heavy atom. The molecule has 1 saturated carbocycles. The average Bonchev–Trinajstić information content (AvgIpc) is 2.96. The highest BCUT2D eigenvalue weighted by molar-refractivity contribution is 5.79. The van der Waals surface area contributed by atoms with Gasteiger partial charge in [0.05, 0.1) is 0 Å². The summed E-state index contributed by atoms with van der Waals surface area (Å²) in [4.78, 5) is 10.8. The van der Waals surface area contributed by atoms with Crippen molar-refractivity contribution in [3.8, 4) is 0 Å². The zero-order chi connectivity index (χ0) is 11.1. The molecule has 1 rings (SSSR count). The van der Waals surface area contributed by atoms with Crippen LogP contribution in [0.3, 0.4) is 0 Å².